The van der Waals surface area contributed by atoms with Gasteiger partial charge in [-0.25, -0.2) is 0 Å². The van der Waals surface area contributed by atoms with Crippen LogP contribution in [-0.2, 0) is 4.79 Å². The van der Waals surface area contributed by atoms with E-state index in [1.54, 1.807) is 18.2 Å². The van der Waals surface area contributed by atoms with Crippen LogP contribution in [0.25, 0.3) is 0 Å². The number of anilines is 1. The maximum absolute atomic E-state index is 12.0. The smallest absolute Gasteiger partial charge is 0.238 e. The third-order valence-corrected chi connectivity index (χ3v) is 3.88. The average molecular weight is 301 g/mol. The molecule has 0 bridgehead atoms. The molecule has 19 heavy (non-hydrogen) atoms. The molecule has 0 unspecified atom stereocenters. The molecule has 1 amide bonds. The van der Waals surface area contributed by atoms with Crippen molar-refractivity contribution in [3.05, 3.63) is 28.2 Å². The summed E-state index contributed by atoms with van der Waals surface area (Å²) in [6.07, 6.45) is 2.41. The van der Waals surface area contributed by atoms with Crippen molar-refractivity contribution in [2.24, 2.45) is 5.92 Å². The Bertz CT molecular complexity index is 465. The zero-order valence-electron chi connectivity index (χ0n) is 11.0. The highest BCUT2D eigenvalue weighted by Gasteiger charge is 2.18. The number of carbonyl (C=O) groups excluding carboxylic acids is 1. The Hall–Kier alpha value is -0.770. The van der Waals surface area contributed by atoms with E-state index in [4.69, 9.17) is 23.2 Å². The molecule has 1 N–H and O–H groups in total. The van der Waals surface area contributed by atoms with E-state index in [9.17, 15) is 4.79 Å². The summed E-state index contributed by atoms with van der Waals surface area (Å²) in [6.45, 7) is 4.60. The monoisotopic (exact) mass is 300 g/mol. The summed E-state index contributed by atoms with van der Waals surface area (Å²) in [7, 11) is 0. The molecule has 104 valence electrons. The largest absolute Gasteiger partial charge is 0.324 e. The Morgan fingerprint density at radius 1 is 1.47 bits per heavy atom. The van der Waals surface area contributed by atoms with Crippen molar-refractivity contribution in [2.75, 3.05) is 25.0 Å². The molecule has 1 aromatic rings. The second-order valence-electron chi connectivity index (χ2n) is 5.15. The SMILES string of the molecule is C[C@@H]1CCCN(CC(=O)Nc2cc(Cl)ccc2Cl)C1. The molecule has 0 saturated carbocycles. The third-order valence-electron chi connectivity index (χ3n) is 3.31. The van der Waals surface area contributed by atoms with Crippen molar-refractivity contribution in [1.82, 2.24) is 4.90 Å². The molecule has 1 aromatic carbocycles. The van der Waals surface area contributed by atoms with Gasteiger partial charge in [0, 0.05) is 11.6 Å². The van der Waals surface area contributed by atoms with Gasteiger partial charge in [0.1, 0.15) is 0 Å². The van der Waals surface area contributed by atoms with Gasteiger partial charge in [-0.05, 0) is 43.5 Å². The maximum atomic E-state index is 12.0. The molecule has 1 heterocycles. The summed E-state index contributed by atoms with van der Waals surface area (Å²) < 4.78 is 0. The van der Waals surface area contributed by atoms with Crippen molar-refractivity contribution >= 4 is 34.8 Å². The van der Waals surface area contributed by atoms with E-state index in [-0.39, 0.29) is 5.91 Å². The molecule has 0 aromatic heterocycles. The lowest BCUT2D eigenvalue weighted by atomic mass is 10.0. The minimum absolute atomic E-state index is 0.0433. The van der Waals surface area contributed by atoms with Gasteiger partial charge in [0.25, 0.3) is 0 Å². The molecule has 3 nitrogen and oxygen atoms in total. The number of amides is 1. The van der Waals surface area contributed by atoms with E-state index in [1.807, 2.05) is 0 Å². The van der Waals surface area contributed by atoms with Crippen LogP contribution in [0.1, 0.15) is 19.8 Å². The van der Waals surface area contributed by atoms with Crippen molar-refractivity contribution in [3.8, 4) is 0 Å². The summed E-state index contributed by atoms with van der Waals surface area (Å²) in [5.74, 6) is 0.620. The van der Waals surface area contributed by atoms with E-state index >= 15 is 0 Å². The fourth-order valence-electron chi connectivity index (χ4n) is 2.42. The third kappa shape index (κ3) is 4.37. The number of nitrogens with zero attached hydrogens (tertiary/aromatic N) is 1. The number of nitrogens with one attached hydrogen (secondary N) is 1. The van der Waals surface area contributed by atoms with E-state index in [2.05, 4.69) is 17.1 Å². The number of piperidine rings is 1. The zero-order valence-corrected chi connectivity index (χ0v) is 12.5. The molecule has 1 aliphatic rings. The Morgan fingerprint density at radius 3 is 3.00 bits per heavy atom. The van der Waals surface area contributed by atoms with Gasteiger partial charge in [-0.1, -0.05) is 30.1 Å². The number of likely N-dealkylation sites (tertiary alicyclic amines) is 1. The van der Waals surface area contributed by atoms with Gasteiger partial charge in [0.15, 0.2) is 0 Å². The van der Waals surface area contributed by atoms with Gasteiger partial charge in [0.2, 0.25) is 5.91 Å². The van der Waals surface area contributed by atoms with Crippen LogP contribution < -0.4 is 5.32 Å². The van der Waals surface area contributed by atoms with Crippen molar-refractivity contribution < 1.29 is 4.79 Å². The first kappa shape index (κ1) is 14.6. The second kappa shape index (κ2) is 6.60. The van der Waals surface area contributed by atoms with Crippen LogP contribution in [0, 0.1) is 5.92 Å². The molecule has 1 aliphatic heterocycles. The lowest BCUT2D eigenvalue weighted by Crippen LogP contribution is -2.39. The van der Waals surface area contributed by atoms with Gasteiger partial charge < -0.3 is 5.32 Å². The highest BCUT2D eigenvalue weighted by Crippen LogP contribution is 2.25. The molecule has 5 heteroatoms. The Balaban J connectivity index is 1.92. The maximum Gasteiger partial charge on any atom is 0.238 e. The standard InChI is InChI=1S/C14H18Cl2N2O/c1-10-3-2-6-18(8-10)9-14(19)17-13-7-11(15)4-5-12(13)16/h4-5,7,10H,2-3,6,8-9H2,1H3,(H,17,19)/t10-/m1/s1. The minimum atomic E-state index is -0.0433. The summed E-state index contributed by atoms with van der Waals surface area (Å²) in [5.41, 5.74) is 0.573. The van der Waals surface area contributed by atoms with Crippen molar-refractivity contribution in [3.63, 3.8) is 0 Å². The van der Waals surface area contributed by atoms with E-state index in [0.29, 0.717) is 28.2 Å². The number of hydrogen-bond acceptors (Lipinski definition) is 2. The van der Waals surface area contributed by atoms with Crippen LogP contribution in [-0.4, -0.2) is 30.4 Å². The molecule has 1 atom stereocenters. The lowest BCUT2D eigenvalue weighted by molar-refractivity contribution is -0.117. The topological polar surface area (TPSA) is 32.3 Å². The summed E-state index contributed by atoms with van der Waals surface area (Å²) in [4.78, 5) is 14.2. The summed E-state index contributed by atoms with van der Waals surface area (Å²) in [6, 6.07) is 5.05. The van der Waals surface area contributed by atoms with Gasteiger partial charge in [-0.3, -0.25) is 9.69 Å². The molecule has 2 rings (SSSR count). The van der Waals surface area contributed by atoms with Gasteiger partial charge in [0.05, 0.1) is 17.3 Å². The Labute approximate surface area is 123 Å². The average Bonchev–Trinajstić information content (AvgIpc) is 2.34. The summed E-state index contributed by atoms with van der Waals surface area (Å²) >= 11 is 11.9. The number of halogens is 2. The quantitative estimate of drug-likeness (QED) is 0.924. The number of benzene rings is 1. The lowest BCUT2D eigenvalue weighted by Gasteiger charge is -2.30. The highest BCUT2D eigenvalue weighted by atomic mass is 35.5. The molecule has 1 fully saturated rings. The molecular weight excluding hydrogens is 283 g/mol. The highest BCUT2D eigenvalue weighted by molar-refractivity contribution is 6.35. The fourth-order valence-corrected chi connectivity index (χ4v) is 2.75. The number of rotatable bonds is 3. The van der Waals surface area contributed by atoms with Crippen LogP contribution >= 0.6 is 23.2 Å². The second-order valence-corrected chi connectivity index (χ2v) is 6.00. The number of carbonyl (C=O) groups is 1. The molecule has 0 radical (unpaired) electrons. The van der Waals surface area contributed by atoms with Gasteiger partial charge in [-0.2, -0.15) is 0 Å². The van der Waals surface area contributed by atoms with E-state index in [0.717, 1.165) is 19.5 Å². The molecular formula is C14H18Cl2N2O. The first-order valence-corrected chi connectivity index (χ1v) is 7.27. The van der Waals surface area contributed by atoms with Crippen LogP contribution in [0.4, 0.5) is 5.69 Å². The van der Waals surface area contributed by atoms with Crippen LogP contribution in [0.3, 0.4) is 0 Å². The van der Waals surface area contributed by atoms with Crippen LogP contribution in [0.5, 0.6) is 0 Å². The predicted octanol–water partition coefficient (Wildman–Crippen LogP) is 3.66. The Morgan fingerprint density at radius 2 is 2.26 bits per heavy atom. The van der Waals surface area contributed by atoms with E-state index in [1.165, 1.54) is 6.42 Å². The van der Waals surface area contributed by atoms with Crippen LogP contribution in [0.2, 0.25) is 10.0 Å². The molecule has 0 spiro atoms. The molecule has 1 saturated heterocycles. The fraction of sp³-hybridized carbons (Fsp3) is 0.500. The van der Waals surface area contributed by atoms with Crippen LogP contribution in [0.15, 0.2) is 18.2 Å². The van der Waals surface area contributed by atoms with Gasteiger partial charge in [-0.15, -0.1) is 0 Å². The Kier molecular flexibility index (Phi) is 5.08. The van der Waals surface area contributed by atoms with Crippen molar-refractivity contribution in [1.29, 1.82) is 0 Å². The van der Waals surface area contributed by atoms with E-state index < -0.39 is 0 Å². The zero-order chi connectivity index (χ0) is 13.8. The molecule has 0 aliphatic carbocycles. The normalized spacial score (nSPS) is 20.3. The first-order valence-electron chi connectivity index (χ1n) is 6.52. The number of hydrogen-bond donors (Lipinski definition) is 1. The van der Waals surface area contributed by atoms with Crippen molar-refractivity contribution in [2.45, 2.75) is 19.8 Å². The van der Waals surface area contributed by atoms with Gasteiger partial charge >= 0.3 is 0 Å². The summed E-state index contributed by atoms with van der Waals surface area (Å²) in [5, 5.41) is 3.88. The predicted molar refractivity (Wildman–Crippen MR) is 79.9 cm³/mol. The minimum Gasteiger partial charge on any atom is -0.324 e. The first-order chi connectivity index (χ1) is 9.04.